The minimum atomic E-state index is -2.56. The van der Waals surface area contributed by atoms with Crippen LogP contribution >= 0.6 is 0 Å². The molecule has 0 heterocycles. The zero-order chi connectivity index (χ0) is 11.4. The van der Waals surface area contributed by atoms with Crippen LogP contribution in [0.2, 0.25) is 0 Å². The van der Waals surface area contributed by atoms with Crippen LogP contribution in [0.4, 0.5) is 8.78 Å². The molecule has 0 saturated heterocycles. The molecule has 0 aromatic heterocycles. The molecule has 0 aliphatic carbocycles. The third kappa shape index (κ3) is 3.12. The van der Waals surface area contributed by atoms with Gasteiger partial charge in [0.2, 0.25) is 5.70 Å². The molecule has 15 heavy (non-hydrogen) atoms. The van der Waals surface area contributed by atoms with Crippen molar-refractivity contribution in [2.24, 2.45) is 0 Å². The topological polar surface area (TPSA) is 43.1 Å². The normalized spacial score (nSPS) is 11.9. The van der Waals surface area contributed by atoms with Crippen molar-refractivity contribution in [2.45, 2.75) is 13.3 Å². The average Bonchev–Trinajstić information content (AvgIpc) is 2.18. The van der Waals surface area contributed by atoms with Crippen LogP contribution in [0.5, 0.6) is 0 Å². The van der Waals surface area contributed by atoms with Gasteiger partial charge in [0.1, 0.15) is 0 Å². The van der Waals surface area contributed by atoms with Crippen molar-refractivity contribution in [2.75, 3.05) is 0 Å². The second-order valence-electron chi connectivity index (χ2n) is 3.01. The number of allylic oxidation sites excluding steroid dienone is 1. The molecule has 0 unspecified atom stereocenters. The van der Waals surface area contributed by atoms with Crippen LogP contribution in [0, 0.1) is 10.1 Å². The molecule has 0 fully saturated rings. The molecular formula is C10H9F2NO2. The third-order valence-corrected chi connectivity index (χ3v) is 1.83. The lowest BCUT2D eigenvalue weighted by Crippen LogP contribution is -1.93. The number of hydrogen-bond acceptors (Lipinski definition) is 2. The molecule has 0 aliphatic rings. The molecular weight excluding hydrogens is 204 g/mol. The van der Waals surface area contributed by atoms with E-state index in [-0.39, 0.29) is 11.3 Å². The first-order chi connectivity index (χ1) is 7.00. The van der Waals surface area contributed by atoms with Crippen LogP contribution in [-0.2, 0) is 0 Å². The lowest BCUT2D eigenvalue weighted by Gasteiger charge is -2.00. The summed E-state index contributed by atoms with van der Waals surface area (Å²) in [4.78, 5) is 9.75. The van der Waals surface area contributed by atoms with Gasteiger partial charge in [0.05, 0.1) is 4.92 Å². The number of benzene rings is 1. The molecule has 0 atom stereocenters. The van der Waals surface area contributed by atoms with Crippen LogP contribution in [0.15, 0.2) is 30.0 Å². The SMILES string of the molecule is C/C(=C/c1cccc(C(F)F)c1)[N+](=O)[O-]. The Bertz CT molecular complexity index is 402. The standard InChI is InChI=1S/C10H9F2NO2/c1-7(13(14)15)5-8-3-2-4-9(6-8)10(11)12/h2-6,10H,1H3/b7-5-. The fraction of sp³-hybridized carbons (Fsp3) is 0.200. The molecule has 1 aromatic rings. The Morgan fingerprint density at radius 3 is 2.73 bits per heavy atom. The van der Waals surface area contributed by atoms with Gasteiger partial charge in [-0.1, -0.05) is 18.2 Å². The van der Waals surface area contributed by atoms with Gasteiger partial charge in [-0.2, -0.15) is 0 Å². The Labute approximate surface area is 85.2 Å². The monoisotopic (exact) mass is 213 g/mol. The Hall–Kier alpha value is -1.78. The first-order valence-electron chi connectivity index (χ1n) is 4.21. The van der Waals surface area contributed by atoms with E-state index >= 15 is 0 Å². The van der Waals surface area contributed by atoms with Gasteiger partial charge in [0.25, 0.3) is 6.43 Å². The molecule has 0 N–H and O–H groups in total. The highest BCUT2D eigenvalue weighted by atomic mass is 19.3. The van der Waals surface area contributed by atoms with Crippen molar-refractivity contribution in [3.63, 3.8) is 0 Å². The molecule has 0 bridgehead atoms. The first kappa shape index (κ1) is 11.3. The van der Waals surface area contributed by atoms with Crippen molar-refractivity contribution >= 4 is 6.08 Å². The van der Waals surface area contributed by atoms with Gasteiger partial charge in [0, 0.05) is 18.6 Å². The highest BCUT2D eigenvalue weighted by Gasteiger charge is 2.07. The van der Waals surface area contributed by atoms with E-state index in [0.717, 1.165) is 0 Å². The number of rotatable bonds is 3. The van der Waals surface area contributed by atoms with Gasteiger partial charge < -0.3 is 0 Å². The number of hydrogen-bond donors (Lipinski definition) is 0. The van der Waals surface area contributed by atoms with E-state index in [1.54, 1.807) is 6.07 Å². The van der Waals surface area contributed by atoms with E-state index in [4.69, 9.17) is 0 Å². The van der Waals surface area contributed by atoms with Crippen LogP contribution < -0.4 is 0 Å². The molecule has 1 rings (SSSR count). The zero-order valence-electron chi connectivity index (χ0n) is 7.98. The quantitative estimate of drug-likeness (QED) is 0.571. The fourth-order valence-corrected chi connectivity index (χ4v) is 1.08. The molecule has 5 heteroatoms. The van der Waals surface area contributed by atoms with E-state index in [1.165, 1.54) is 31.2 Å². The fourth-order valence-electron chi connectivity index (χ4n) is 1.08. The van der Waals surface area contributed by atoms with Crippen molar-refractivity contribution < 1.29 is 13.7 Å². The minimum absolute atomic E-state index is 0.0820. The Kier molecular flexibility index (Phi) is 3.49. The average molecular weight is 213 g/mol. The predicted molar refractivity (Wildman–Crippen MR) is 52.0 cm³/mol. The van der Waals surface area contributed by atoms with E-state index in [9.17, 15) is 18.9 Å². The Balaban J connectivity index is 3.01. The molecule has 0 amide bonds. The van der Waals surface area contributed by atoms with Crippen molar-refractivity contribution in [1.82, 2.24) is 0 Å². The van der Waals surface area contributed by atoms with Crippen LogP contribution in [0.25, 0.3) is 6.08 Å². The van der Waals surface area contributed by atoms with Crippen molar-refractivity contribution in [1.29, 1.82) is 0 Å². The number of halogens is 2. The summed E-state index contributed by atoms with van der Waals surface area (Å²) in [6.45, 7) is 1.31. The van der Waals surface area contributed by atoms with Gasteiger partial charge in [-0.05, 0) is 11.6 Å². The van der Waals surface area contributed by atoms with Crippen LogP contribution in [0.3, 0.4) is 0 Å². The lowest BCUT2D eigenvalue weighted by atomic mass is 10.1. The van der Waals surface area contributed by atoms with E-state index in [2.05, 4.69) is 0 Å². The maximum absolute atomic E-state index is 12.3. The smallest absolute Gasteiger partial charge is 0.259 e. The molecule has 0 radical (unpaired) electrons. The molecule has 3 nitrogen and oxygen atoms in total. The molecule has 0 saturated carbocycles. The molecule has 80 valence electrons. The lowest BCUT2D eigenvalue weighted by molar-refractivity contribution is -0.422. The maximum atomic E-state index is 12.3. The minimum Gasteiger partial charge on any atom is -0.259 e. The molecule has 1 aromatic carbocycles. The van der Waals surface area contributed by atoms with Gasteiger partial charge in [0.15, 0.2) is 0 Å². The van der Waals surface area contributed by atoms with Crippen LogP contribution in [-0.4, -0.2) is 4.92 Å². The second-order valence-corrected chi connectivity index (χ2v) is 3.01. The van der Waals surface area contributed by atoms with Crippen molar-refractivity contribution in [3.05, 3.63) is 51.2 Å². The summed E-state index contributed by atoms with van der Waals surface area (Å²) in [6.07, 6.45) is -1.31. The van der Waals surface area contributed by atoms with Crippen LogP contribution in [0.1, 0.15) is 24.5 Å². The van der Waals surface area contributed by atoms with Gasteiger partial charge in [-0.3, -0.25) is 10.1 Å². The van der Waals surface area contributed by atoms with E-state index in [1.807, 2.05) is 0 Å². The zero-order valence-corrected chi connectivity index (χ0v) is 7.98. The largest absolute Gasteiger partial charge is 0.263 e. The first-order valence-corrected chi connectivity index (χ1v) is 4.21. The maximum Gasteiger partial charge on any atom is 0.263 e. The molecule has 0 aliphatic heterocycles. The Morgan fingerprint density at radius 1 is 1.53 bits per heavy atom. The van der Waals surface area contributed by atoms with Crippen molar-refractivity contribution in [3.8, 4) is 0 Å². The summed E-state index contributed by atoms with van der Waals surface area (Å²) in [6, 6.07) is 5.50. The second kappa shape index (κ2) is 4.63. The highest BCUT2D eigenvalue weighted by Crippen LogP contribution is 2.20. The number of nitrogens with zero attached hydrogens (tertiary/aromatic N) is 1. The summed E-state index contributed by atoms with van der Waals surface area (Å²) < 4.78 is 24.6. The highest BCUT2D eigenvalue weighted by molar-refractivity contribution is 5.51. The van der Waals surface area contributed by atoms with E-state index in [0.29, 0.717) is 5.56 Å². The summed E-state index contributed by atoms with van der Waals surface area (Å²) in [7, 11) is 0. The number of nitro groups is 1. The Morgan fingerprint density at radius 2 is 2.20 bits per heavy atom. The third-order valence-electron chi connectivity index (χ3n) is 1.83. The number of alkyl halides is 2. The van der Waals surface area contributed by atoms with Gasteiger partial charge in [-0.15, -0.1) is 0 Å². The summed E-state index contributed by atoms with van der Waals surface area (Å²) in [5.41, 5.74) is 0.184. The molecule has 0 spiro atoms. The summed E-state index contributed by atoms with van der Waals surface area (Å²) >= 11 is 0. The summed E-state index contributed by atoms with van der Waals surface area (Å²) in [5.74, 6) is 0. The predicted octanol–water partition coefficient (Wildman–Crippen LogP) is 3.26. The summed E-state index contributed by atoms with van der Waals surface area (Å²) in [5, 5.41) is 10.3. The van der Waals surface area contributed by atoms with E-state index < -0.39 is 11.3 Å². The van der Waals surface area contributed by atoms with Gasteiger partial charge >= 0.3 is 0 Å². The van der Waals surface area contributed by atoms with Gasteiger partial charge in [-0.25, -0.2) is 8.78 Å².